The van der Waals surface area contributed by atoms with Crippen molar-refractivity contribution in [3.63, 3.8) is 0 Å². The third-order valence-electron chi connectivity index (χ3n) is 3.79. The number of nitrogens with zero attached hydrogens (tertiary/aromatic N) is 1. The highest BCUT2D eigenvalue weighted by Gasteiger charge is 2.26. The molecule has 0 saturated heterocycles. The molecule has 1 fully saturated rings. The van der Waals surface area contributed by atoms with Crippen molar-refractivity contribution in [1.29, 1.82) is 0 Å². The number of nitrogens with one attached hydrogen (secondary N) is 1. The van der Waals surface area contributed by atoms with Gasteiger partial charge in [0.2, 0.25) is 0 Å². The van der Waals surface area contributed by atoms with Crippen molar-refractivity contribution < 1.29 is 14.6 Å². The molecule has 0 aromatic carbocycles. The Balaban J connectivity index is 2.03. The van der Waals surface area contributed by atoms with Crippen LogP contribution in [0.15, 0.2) is 12.3 Å². The van der Waals surface area contributed by atoms with Gasteiger partial charge in [-0.1, -0.05) is 6.42 Å². The van der Waals surface area contributed by atoms with E-state index in [2.05, 4.69) is 10.3 Å². The Labute approximate surface area is 114 Å². The first-order valence-electron chi connectivity index (χ1n) is 6.70. The molecular weight excluding hydrogens is 244 g/mol. The Morgan fingerprint density at radius 2 is 2.21 bits per heavy atom. The summed E-state index contributed by atoms with van der Waals surface area (Å²) < 4.78 is 10.6. The van der Waals surface area contributed by atoms with E-state index in [4.69, 9.17) is 9.47 Å². The summed E-state index contributed by atoms with van der Waals surface area (Å²) in [5.74, 6) is 1.73. The van der Waals surface area contributed by atoms with Gasteiger partial charge in [0, 0.05) is 31.5 Å². The van der Waals surface area contributed by atoms with E-state index in [1.54, 1.807) is 26.5 Å². The summed E-state index contributed by atoms with van der Waals surface area (Å²) in [5, 5.41) is 12.8. The topological polar surface area (TPSA) is 63.6 Å². The first-order valence-corrected chi connectivity index (χ1v) is 6.70. The maximum Gasteiger partial charge on any atom is 0.183 e. The van der Waals surface area contributed by atoms with Crippen LogP contribution in [0.5, 0.6) is 11.5 Å². The van der Waals surface area contributed by atoms with Crippen LogP contribution in [0.25, 0.3) is 0 Å². The average molecular weight is 266 g/mol. The predicted octanol–water partition coefficient (Wildman–Crippen LogP) is 1.35. The van der Waals surface area contributed by atoms with Crippen LogP contribution in [-0.4, -0.2) is 37.0 Å². The Morgan fingerprint density at radius 3 is 2.89 bits per heavy atom. The maximum absolute atomic E-state index is 9.32. The minimum Gasteiger partial charge on any atom is -0.493 e. The number of aromatic nitrogens is 1. The monoisotopic (exact) mass is 266 g/mol. The third-order valence-corrected chi connectivity index (χ3v) is 3.79. The van der Waals surface area contributed by atoms with Crippen molar-refractivity contribution >= 4 is 0 Å². The highest BCUT2D eigenvalue weighted by atomic mass is 16.5. The molecule has 106 valence electrons. The zero-order valence-electron chi connectivity index (χ0n) is 11.6. The molecule has 2 atom stereocenters. The molecule has 5 heteroatoms. The van der Waals surface area contributed by atoms with Gasteiger partial charge in [-0.2, -0.15) is 0 Å². The van der Waals surface area contributed by atoms with Gasteiger partial charge in [0.05, 0.1) is 19.9 Å². The number of hydrogen-bond acceptors (Lipinski definition) is 5. The number of aliphatic hydroxyl groups excluding tert-OH is 1. The summed E-state index contributed by atoms with van der Waals surface area (Å²) in [6.45, 7) is 0.877. The third kappa shape index (κ3) is 3.16. The minimum atomic E-state index is 0.250. The zero-order valence-corrected chi connectivity index (χ0v) is 11.6. The molecule has 0 bridgehead atoms. The van der Waals surface area contributed by atoms with Crippen molar-refractivity contribution in [2.75, 3.05) is 20.8 Å². The molecule has 0 radical (unpaired) electrons. The molecule has 1 heterocycles. The lowest BCUT2D eigenvalue weighted by molar-refractivity contribution is 0.204. The number of rotatable bonds is 6. The molecule has 1 aromatic heterocycles. The summed E-state index contributed by atoms with van der Waals surface area (Å²) in [6, 6.07) is 2.15. The standard InChI is InChI=1S/C14H22N2O3/c1-18-13-6-7-15-12(14(13)19-2)8-16-11-5-3-4-10(11)9-17/h6-7,10-11,16-17H,3-5,8-9H2,1-2H3. The lowest BCUT2D eigenvalue weighted by Crippen LogP contribution is -2.33. The molecule has 0 aliphatic heterocycles. The van der Waals surface area contributed by atoms with Crippen LogP contribution in [0, 0.1) is 5.92 Å². The minimum absolute atomic E-state index is 0.250. The number of methoxy groups -OCH3 is 2. The van der Waals surface area contributed by atoms with Crippen LogP contribution in [0.1, 0.15) is 25.0 Å². The Morgan fingerprint density at radius 1 is 1.37 bits per heavy atom. The number of hydrogen-bond donors (Lipinski definition) is 2. The fourth-order valence-electron chi connectivity index (χ4n) is 2.73. The summed E-state index contributed by atoms with van der Waals surface area (Å²) in [7, 11) is 3.24. The van der Waals surface area contributed by atoms with Crippen LogP contribution in [0.2, 0.25) is 0 Å². The molecule has 2 rings (SSSR count). The second-order valence-electron chi connectivity index (χ2n) is 4.85. The summed E-state index contributed by atoms with van der Waals surface area (Å²) in [5.41, 5.74) is 0.838. The maximum atomic E-state index is 9.32. The molecule has 2 N–H and O–H groups in total. The van der Waals surface area contributed by atoms with Gasteiger partial charge in [-0.25, -0.2) is 0 Å². The van der Waals surface area contributed by atoms with Crippen molar-refractivity contribution in [3.8, 4) is 11.5 Å². The molecular formula is C14H22N2O3. The van der Waals surface area contributed by atoms with Gasteiger partial charge >= 0.3 is 0 Å². The largest absolute Gasteiger partial charge is 0.493 e. The van der Waals surface area contributed by atoms with E-state index in [0.29, 0.717) is 30.0 Å². The highest BCUT2D eigenvalue weighted by molar-refractivity contribution is 5.42. The number of ether oxygens (including phenoxy) is 2. The predicted molar refractivity (Wildman–Crippen MR) is 72.4 cm³/mol. The Kier molecular flexibility index (Phi) is 4.99. The molecule has 5 nitrogen and oxygen atoms in total. The fraction of sp³-hybridized carbons (Fsp3) is 0.643. The van der Waals surface area contributed by atoms with E-state index < -0.39 is 0 Å². The molecule has 0 spiro atoms. The van der Waals surface area contributed by atoms with E-state index in [1.807, 2.05) is 0 Å². The van der Waals surface area contributed by atoms with Crippen LogP contribution in [0.4, 0.5) is 0 Å². The average Bonchev–Trinajstić information content (AvgIpc) is 2.91. The van der Waals surface area contributed by atoms with Crippen molar-refractivity contribution in [1.82, 2.24) is 10.3 Å². The van der Waals surface area contributed by atoms with Crippen molar-refractivity contribution in [2.45, 2.75) is 31.8 Å². The van der Waals surface area contributed by atoms with E-state index in [0.717, 1.165) is 18.5 Å². The Bertz CT molecular complexity index is 412. The SMILES string of the molecule is COc1ccnc(CNC2CCCC2CO)c1OC. The molecule has 1 aliphatic rings. The van der Waals surface area contributed by atoms with E-state index >= 15 is 0 Å². The molecule has 19 heavy (non-hydrogen) atoms. The quantitative estimate of drug-likeness (QED) is 0.813. The van der Waals surface area contributed by atoms with Crippen molar-refractivity contribution in [2.24, 2.45) is 5.92 Å². The van der Waals surface area contributed by atoms with Crippen molar-refractivity contribution in [3.05, 3.63) is 18.0 Å². The summed E-state index contributed by atoms with van der Waals surface area (Å²) >= 11 is 0. The van der Waals surface area contributed by atoms with Crippen LogP contribution in [0.3, 0.4) is 0 Å². The van der Waals surface area contributed by atoms with E-state index in [1.165, 1.54) is 6.42 Å². The number of pyridine rings is 1. The smallest absolute Gasteiger partial charge is 0.183 e. The lowest BCUT2D eigenvalue weighted by Gasteiger charge is -2.19. The van der Waals surface area contributed by atoms with Crippen LogP contribution < -0.4 is 14.8 Å². The van der Waals surface area contributed by atoms with Gasteiger partial charge in [0.15, 0.2) is 11.5 Å². The molecule has 1 aliphatic carbocycles. The number of aliphatic hydroxyl groups is 1. The van der Waals surface area contributed by atoms with Gasteiger partial charge in [0.1, 0.15) is 0 Å². The first-order chi connectivity index (χ1) is 9.30. The highest BCUT2D eigenvalue weighted by Crippen LogP contribution is 2.30. The summed E-state index contributed by atoms with van der Waals surface area (Å²) in [6.07, 6.45) is 5.09. The van der Waals surface area contributed by atoms with E-state index in [9.17, 15) is 5.11 Å². The Hall–Kier alpha value is -1.33. The van der Waals surface area contributed by atoms with E-state index in [-0.39, 0.29) is 6.61 Å². The second-order valence-corrected chi connectivity index (χ2v) is 4.85. The van der Waals surface area contributed by atoms with Crippen LogP contribution in [-0.2, 0) is 6.54 Å². The second kappa shape index (κ2) is 6.73. The van der Waals surface area contributed by atoms with Gasteiger partial charge < -0.3 is 19.9 Å². The summed E-state index contributed by atoms with van der Waals surface area (Å²) in [4.78, 5) is 4.34. The zero-order chi connectivity index (χ0) is 13.7. The van der Waals surface area contributed by atoms with Gasteiger partial charge in [-0.05, 0) is 18.8 Å². The fourth-order valence-corrected chi connectivity index (χ4v) is 2.73. The van der Waals surface area contributed by atoms with Crippen LogP contribution >= 0.6 is 0 Å². The van der Waals surface area contributed by atoms with Gasteiger partial charge in [-0.15, -0.1) is 0 Å². The molecule has 0 amide bonds. The van der Waals surface area contributed by atoms with Gasteiger partial charge in [-0.3, -0.25) is 4.98 Å². The normalized spacial score (nSPS) is 22.5. The first kappa shape index (κ1) is 14.1. The molecule has 1 saturated carbocycles. The lowest BCUT2D eigenvalue weighted by atomic mass is 10.1. The molecule has 2 unspecified atom stereocenters. The van der Waals surface area contributed by atoms with Gasteiger partial charge in [0.25, 0.3) is 0 Å². The molecule has 1 aromatic rings.